The smallest absolute Gasteiger partial charge is 0.272 e. The fourth-order valence-corrected chi connectivity index (χ4v) is 6.18. The monoisotopic (exact) mass is 614 g/mol. The van der Waals surface area contributed by atoms with Crippen molar-refractivity contribution in [2.45, 2.75) is 91.1 Å². The van der Waals surface area contributed by atoms with Crippen LogP contribution in [0.15, 0.2) is 66.6 Å². The highest BCUT2D eigenvalue weighted by Crippen LogP contribution is 2.23. The number of benzene rings is 1. The molecule has 0 radical (unpaired) electrons. The molecule has 0 saturated carbocycles. The Hall–Kier alpha value is -3.45. The number of unbranched alkanes of at least 4 members (excludes halogenated alkanes) is 2. The molecule has 1 aromatic carbocycles. The van der Waals surface area contributed by atoms with E-state index >= 15 is 0 Å². The number of carbonyl (C=O) groups is 2. The normalized spacial score (nSPS) is 17.3. The third-order valence-corrected chi connectivity index (χ3v) is 9.15. The Morgan fingerprint density at radius 1 is 1.07 bits per heavy atom. The first-order valence-corrected chi connectivity index (χ1v) is 17.1. The summed E-state index contributed by atoms with van der Waals surface area (Å²) in [6.45, 7) is 11.0. The Bertz CT molecular complexity index is 1260. The van der Waals surface area contributed by atoms with Crippen LogP contribution in [0.2, 0.25) is 0 Å². The summed E-state index contributed by atoms with van der Waals surface area (Å²) in [4.78, 5) is 36.0. The summed E-state index contributed by atoms with van der Waals surface area (Å²) in [5.41, 5.74) is 3.34. The number of hydrogen-bond donors (Lipinski definition) is 1. The number of allylic oxidation sites excluding steroid dienone is 4. The molecule has 2 heterocycles. The van der Waals surface area contributed by atoms with Crippen molar-refractivity contribution in [3.63, 3.8) is 0 Å². The highest BCUT2D eigenvalue weighted by molar-refractivity contribution is 5.94. The summed E-state index contributed by atoms with van der Waals surface area (Å²) >= 11 is 0. The largest absolute Gasteiger partial charge is 0.501 e. The zero-order valence-electron chi connectivity index (χ0n) is 28.0. The fourth-order valence-electron chi connectivity index (χ4n) is 6.18. The predicted octanol–water partition coefficient (Wildman–Crippen LogP) is 7.19. The first kappa shape index (κ1) is 34.4. The number of aryl methyl sites for hydroxylation is 1. The maximum absolute atomic E-state index is 13.9. The van der Waals surface area contributed by atoms with Gasteiger partial charge < -0.3 is 19.9 Å². The van der Waals surface area contributed by atoms with Crippen molar-refractivity contribution in [1.82, 2.24) is 20.1 Å². The molecule has 2 amide bonds. The second-order valence-corrected chi connectivity index (χ2v) is 13.1. The van der Waals surface area contributed by atoms with Crippen LogP contribution in [-0.2, 0) is 17.7 Å². The average molecular weight is 615 g/mol. The molecule has 0 bridgehead atoms. The molecule has 1 atom stereocenters. The zero-order chi connectivity index (χ0) is 32.0. The van der Waals surface area contributed by atoms with Crippen LogP contribution >= 0.6 is 0 Å². The van der Waals surface area contributed by atoms with Crippen molar-refractivity contribution < 1.29 is 14.3 Å². The molecule has 7 heteroatoms. The van der Waals surface area contributed by atoms with E-state index < -0.39 is 0 Å². The zero-order valence-corrected chi connectivity index (χ0v) is 28.0. The number of amides is 2. The molecule has 45 heavy (non-hydrogen) atoms. The molecule has 1 unspecified atom stereocenters. The van der Waals surface area contributed by atoms with Crippen LogP contribution in [0.1, 0.15) is 104 Å². The second kappa shape index (κ2) is 17.9. The number of nitrogens with one attached hydrogen (secondary N) is 1. The van der Waals surface area contributed by atoms with Crippen LogP contribution < -0.4 is 5.32 Å². The SMILES string of the molecule is CCCCCc1ccc(C(=O)N(Cc2ccc(C(=O)NCCC3C=CC=C(OC)C3)cc2)C2CCN(CCC(C)C)CC2)nc1. The van der Waals surface area contributed by atoms with Gasteiger partial charge in [-0.3, -0.25) is 14.6 Å². The van der Waals surface area contributed by atoms with Gasteiger partial charge in [-0.05, 0) is 92.3 Å². The lowest BCUT2D eigenvalue weighted by molar-refractivity contribution is 0.0540. The molecular weight excluding hydrogens is 560 g/mol. The fraction of sp³-hybridized carbons (Fsp3) is 0.553. The van der Waals surface area contributed by atoms with Gasteiger partial charge in [0.2, 0.25) is 0 Å². The number of rotatable bonds is 16. The van der Waals surface area contributed by atoms with E-state index in [0.717, 1.165) is 69.5 Å². The summed E-state index contributed by atoms with van der Waals surface area (Å²) in [6, 6.07) is 11.8. The van der Waals surface area contributed by atoms with Crippen molar-refractivity contribution in [2.24, 2.45) is 11.8 Å². The van der Waals surface area contributed by atoms with Gasteiger partial charge in [0.15, 0.2) is 0 Å². The molecule has 1 N–H and O–H groups in total. The van der Waals surface area contributed by atoms with Crippen LogP contribution in [0.5, 0.6) is 0 Å². The first-order chi connectivity index (χ1) is 21.9. The van der Waals surface area contributed by atoms with E-state index in [2.05, 4.69) is 48.1 Å². The topological polar surface area (TPSA) is 74.8 Å². The molecule has 1 aliphatic carbocycles. The lowest BCUT2D eigenvalue weighted by atomic mass is 9.96. The molecule has 244 valence electrons. The van der Waals surface area contributed by atoms with E-state index in [1.54, 1.807) is 7.11 Å². The van der Waals surface area contributed by atoms with E-state index in [4.69, 9.17) is 4.74 Å². The van der Waals surface area contributed by atoms with Gasteiger partial charge in [-0.25, -0.2) is 0 Å². The standard InChI is InChI=1S/C38H54N4O3/c1-5-6-7-9-31-14-17-36(40-27-31)38(44)42(34-20-24-41(25-21-34)23-19-29(2)3)28-32-12-15-33(16-13-32)37(43)39-22-18-30-10-8-11-35(26-30)45-4/h8,10-17,27,29-30,34H,5-7,9,18-26,28H2,1-4H3,(H,39,43). The molecule has 1 fully saturated rings. The van der Waals surface area contributed by atoms with Crippen molar-refractivity contribution in [1.29, 1.82) is 0 Å². The minimum atomic E-state index is -0.0752. The van der Waals surface area contributed by atoms with E-state index in [1.165, 1.54) is 24.8 Å². The lowest BCUT2D eigenvalue weighted by Crippen LogP contribution is -2.47. The maximum atomic E-state index is 13.9. The Kier molecular flexibility index (Phi) is 13.7. The third kappa shape index (κ3) is 10.8. The molecule has 7 nitrogen and oxygen atoms in total. The number of ether oxygens (including phenoxy) is 1. The Balaban J connectivity index is 1.38. The second-order valence-electron chi connectivity index (χ2n) is 13.1. The third-order valence-electron chi connectivity index (χ3n) is 9.15. The number of nitrogens with zero attached hydrogens (tertiary/aromatic N) is 3. The van der Waals surface area contributed by atoms with Crippen LogP contribution in [0.25, 0.3) is 0 Å². The predicted molar refractivity (Wildman–Crippen MR) is 182 cm³/mol. The number of methoxy groups -OCH3 is 1. The van der Waals surface area contributed by atoms with Gasteiger partial charge in [0, 0.05) is 50.4 Å². The van der Waals surface area contributed by atoms with E-state index in [-0.39, 0.29) is 17.9 Å². The molecule has 2 aromatic rings. The van der Waals surface area contributed by atoms with Gasteiger partial charge >= 0.3 is 0 Å². The molecule has 1 aromatic heterocycles. The number of likely N-dealkylation sites (tertiary alicyclic amines) is 1. The summed E-state index contributed by atoms with van der Waals surface area (Å²) in [6.07, 6.45) is 17.4. The molecule has 1 saturated heterocycles. The van der Waals surface area contributed by atoms with Gasteiger partial charge in [-0.2, -0.15) is 0 Å². The molecule has 2 aliphatic rings. The highest BCUT2D eigenvalue weighted by atomic mass is 16.5. The molecular formula is C38H54N4O3. The van der Waals surface area contributed by atoms with Gasteiger partial charge in [0.1, 0.15) is 5.69 Å². The summed E-state index contributed by atoms with van der Waals surface area (Å²) in [7, 11) is 1.70. The number of carbonyl (C=O) groups excluding carboxylic acids is 2. The van der Waals surface area contributed by atoms with Crippen LogP contribution in [0.3, 0.4) is 0 Å². The Morgan fingerprint density at radius 2 is 1.82 bits per heavy atom. The summed E-state index contributed by atoms with van der Waals surface area (Å²) < 4.78 is 5.37. The number of hydrogen-bond acceptors (Lipinski definition) is 5. The van der Waals surface area contributed by atoms with Crippen LogP contribution in [0.4, 0.5) is 0 Å². The van der Waals surface area contributed by atoms with Gasteiger partial charge in [-0.1, -0.05) is 64.0 Å². The Morgan fingerprint density at radius 3 is 2.49 bits per heavy atom. The Labute approximate surface area is 271 Å². The van der Waals surface area contributed by atoms with Gasteiger partial charge in [0.05, 0.1) is 12.9 Å². The molecule has 1 aliphatic heterocycles. The van der Waals surface area contributed by atoms with E-state index in [9.17, 15) is 9.59 Å². The minimum absolute atomic E-state index is 0.0132. The van der Waals surface area contributed by atoms with Crippen molar-refractivity contribution >= 4 is 11.8 Å². The number of pyridine rings is 1. The van der Waals surface area contributed by atoms with E-state index in [1.807, 2.05) is 53.6 Å². The lowest BCUT2D eigenvalue weighted by Gasteiger charge is -2.38. The average Bonchev–Trinajstić information content (AvgIpc) is 3.07. The van der Waals surface area contributed by atoms with Crippen LogP contribution in [0, 0.1) is 11.8 Å². The summed E-state index contributed by atoms with van der Waals surface area (Å²) in [5, 5.41) is 3.06. The van der Waals surface area contributed by atoms with Crippen molar-refractivity contribution in [3.8, 4) is 0 Å². The molecule has 0 spiro atoms. The maximum Gasteiger partial charge on any atom is 0.272 e. The quantitative estimate of drug-likeness (QED) is 0.203. The first-order valence-electron chi connectivity index (χ1n) is 17.1. The number of aromatic nitrogens is 1. The summed E-state index contributed by atoms with van der Waals surface area (Å²) in [5.74, 6) is 1.95. The van der Waals surface area contributed by atoms with Gasteiger partial charge in [0.25, 0.3) is 11.8 Å². The van der Waals surface area contributed by atoms with Crippen molar-refractivity contribution in [2.75, 3.05) is 33.3 Å². The van der Waals surface area contributed by atoms with Crippen LogP contribution in [-0.4, -0.2) is 65.9 Å². The number of piperidine rings is 1. The minimum Gasteiger partial charge on any atom is -0.501 e. The van der Waals surface area contributed by atoms with Crippen molar-refractivity contribution in [3.05, 3.63) is 89.0 Å². The van der Waals surface area contributed by atoms with E-state index in [0.29, 0.717) is 36.2 Å². The van der Waals surface area contributed by atoms with Gasteiger partial charge in [-0.15, -0.1) is 0 Å². The molecule has 4 rings (SSSR count). The highest BCUT2D eigenvalue weighted by Gasteiger charge is 2.29.